The summed E-state index contributed by atoms with van der Waals surface area (Å²) in [7, 11) is 0. The molecule has 0 spiro atoms. The molecule has 1 heterocycles. The maximum atomic E-state index is 5.79. The summed E-state index contributed by atoms with van der Waals surface area (Å²) in [5, 5.41) is 6.23. The second-order valence-corrected chi connectivity index (χ2v) is 2.80. The van der Waals surface area contributed by atoms with Gasteiger partial charge >= 0.3 is 6.01 Å². The lowest BCUT2D eigenvalue weighted by Crippen LogP contribution is -2.20. The minimum absolute atomic E-state index is 0.122. The third kappa shape index (κ3) is 1.89. The quantitative estimate of drug-likeness (QED) is 0.666. The van der Waals surface area contributed by atoms with Crippen LogP contribution in [0.5, 0.6) is 6.01 Å². The predicted molar refractivity (Wildman–Crippen MR) is 51.3 cm³/mol. The Morgan fingerprint density at radius 3 is 3.14 bits per heavy atom. The van der Waals surface area contributed by atoms with E-state index in [1.165, 1.54) is 6.33 Å². The second-order valence-electron chi connectivity index (χ2n) is 2.80. The van der Waals surface area contributed by atoms with Crippen molar-refractivity contribution in [3.8, 4) is 6.01 Å². The monoisotopic (exact) mass is 190 g/mol. The van der Waals surface area contributed by atoms with E-state index in [-0.39, 0.29) is 6.04 Å². The number of hydrogen-bond donors (Lipinski definition) is 2. The molecule has 72 valence electrons. The molecule has 0 bridgehead atoms. The molecule has 1 aromatic rings. The number of H-pyrrole nitrogens is 1. The van der Waals surface area contributed by atoms with Gasteiger partial charge in [-0.15, -0.1) is 0 Å². The molecule has 5 nitrogen and oxygen atoms in total. The minimum atomic E-state index is -0.122. The van der Waals surface area contributed by atoms with Crippen LogP contribution in [0.2, 0.25) is 0 Å². The standard InChI is InChI=1S/C9H10N4O/c10-8-4-2-1-3-7(8)5-14-9-11-6-12-13-9/h1-6,8H,10H2,(H,11,12,13)/b7-5+. The third-order valence-corrected chi connectivity index (χ3v) is 1.80. The summed E-state index contributed by atoms with van der Waals surface area (Å²) < 4.78 is 5.20. The van der Waals surface area contributed by atoms with Crippen LogP contribution in [0.3, 0.4) is 0 Å². The molecule has 0 saturated heterocycles. The maximum absolute atomic E-state index is 5.79. The van der Waals surface area contributed by atoms with E-state index in [9.17, 15) is 0 Å². The first-order chi connectivity index (χ1) is 6.86. The van der Waals surface area contributed by atoms with Crippen LogP contribution in [0.25, 0.3) is 0 Å². The highest BCUT2D eigenvalue weighted by Crippen LogP contribution is 2.10. The lowest BCUT2D eigenvalue weighted by molar-refractivity contribution is 0.437. The van der Waals surface area contributed by atoms with Crippen LogP contribution in [0.4, 0.5) is 0 Å². The van der Waals surface area contributed by atoms with Crippen LogP contribution >= 0.6 is 0 Å². The molecule has 5 heteroatoms. The molecule has 0 amide bonds. The van der Waals surface area contributed by atoms with Crippen LogP contribution in [0.15, 0.2) is 42.5 Å². The molecule has 1 aliphatic rings. The van der Waals surface area contributed by atoms with Crippen molar-refractivity contribution in [2.45, 2.75) is 6.04 Å². The summed E-state index contributed by atoms with van der Waals surface area (Å²) in [4.78, 5) is 3.81. The summed E-state index contributed by atoms with van der Waals surface area (Å²) in [5.74, 6) is 0. The van der Waals surface area contributed by atoms with Crippen LogP contribution in [-0.4, -0.2) is 21.2 Å². The van der Waals surface area contributed by atoms with Crippen molar-refractivity contribution in [3.63, 3.8) is 0 Å². The topological polar surface area (TPSA) is 76.8 Å². The van der Waals surface area contributed by atoms with Gasteiger partial charge in [0, 0.05) is 5.57 Å². The highest BCUT2D eigenvalue weighted by molar-refractivity contribution is 5.34. The van der Waals surface area contributed by atoms with E-state index >= 15 is 0 Å². The van der Waals surface area contributed by atoms with Crippen molar-refractivity contribution in [1.29, 1.82) is 0 Å². The van der Waals surface area contributed by atoms with E-state index in [1.807, 2.05) is 24.3 Å². The van der Waals surface area contributed by atoms with Gasteiger partial charge in [-0.1, -0.05) is 24.3 Å². The molecule has 1 aliphatic carbocycles. The van der Waals surface area contributed by atoms with Crippen molar-refractivity contribution >= 4 is 0 Å². The zero-order valence-corrected chi connectivity index (χ0v) is 7.42. The third-order valence-electron chi connectivity index (χ3n) is 1.80. The van der Waals surface area contributed by atoms with Gasteiger partial charge in [-0.2, -0.15) is 10.1 Å². The first kappa shape index (κ1) is 8.71. The smallest absolute Gasteiger partial charge is 0.317 e. The summed E-state index contributed by atoms with van der Waals surface area (Å²) >= 11 is 0. The Morgan fingerprint density at radius 1 is 1.50 bits per heavy atom. The Morgan fingerprint density at radius 2 is 2.43 bits per heavy atom. The number of aromatic nitrogens is 3. The maximum Gasteiger partial charge on any atom is 0.317 e. The predicted octanol–water partition coefficient (Wildman–Crippen LogP) is 0.521. The Balaban J connectivity index is 2.04. The van der Waals surface area contributed by atoms with E-state index in [2.05, 4.69) is 15.2 Å². The molecule has 14 heavy (non-hydrogen) atoms. The van der Waals surface area contributed by atoms with Crippen molar-refractivity contribution in [1.82, 2.24) is 15.2 Å². The molecular formula is C9H10N4O. The molecule has 0 radical (unpaired) electrons. The number of ether oxygens (including phenoxy) is 1. The molecule has 0 aliphatic heterocycles. The highest BCUT2D eigenvalue weighted by atomic mass is 16.5. The molecule has 0 aromatic carbocycles. The van der Waals surface area contributed by atoms with Crippen LogP contribution < -0.4 is 10.5 Å². The van der Waals surface area contributed by atoms with E-state index in [4.69, 9.17) is 10.5 Å². The molecule has 0 saturated carbocycles. The summed E-state index contributed by atoms with van der Waals surface area (Å²) in [5.41, 5.74) is 6.68. The molecule has 1 aromatic heterocycles. The van der Waals surface area contributed by atoms with Gasteiger partial charge in [-0.05, 0) is 0 Å². The molecule has 2 rings (SSSR count). The first-order valence-corrected chi connectivity index (χ1v) is 4.19. The van der Waals surface area contributed by atoms with Gasteiger partial charge in [0.1, 0.15) is 6.33 Å². The Labute approximate surface area is 81.0 Å². The van der Waals surface area contributed by atoms with Crippen LogP contribution in [-0.2, 0) is 0 Å². The fraction of sp³-hybridized carbons (Fsp3) is 0.111. The number of rotatable bonds is 2. The van der Waals surface area contributed by atoms with Crippen molar-refractivity contribution < 1.29 is 4.74 Å². The second kappa shape index (κ2) is 3.89. The van der Waals surface area contributed by atoms with Gasteiger partial charge in [0.15, 0.2) is 0 Å². The Kier molecular flexibility index (Phi) is 2.42. The number of aromatic amines is 1. The van der Waals surface area contributed by atoms with Gasteiger partial charge in [-0.3, -0.25) is 0 Å². The van der Waals surface area contributed by atoms with Gasteiger partial charge in [0.2, 0.25) is 0 Å². The zero-order valence-electron chi connectivity index (χ0n) is 7.42. The number of allylic oxidation sites excluding steroid dienone is 2. The van der Waals surface area contributed by atoms with Gasteiger partial charge in [-0.25, -0.2) is 5.10 Å². The van der Waals surface area contributed by atoms with E-state index in [0.29, 0.717) is 6.01 Å². The Bertz CT molecular complexity index is 378. The number of nitrogens with zero attached hydrogens (tertiary/aromatic N) is 2. The van der Waals surface area contributed by atoms with Gasteiger partial charge in [0.05, 0.1) is 12.3 Å². The SMILES string of the molecule is NC1C=CC=C/C1=C\Oc1ncn[nH]1. The van der Waals surface area contributed by atoms with Crippen molar-refractivity contribution in [2.24, 2.45) is 5.73 Å². The number of hydrogen-bond acceptors (Lipinski definition) is 4. The lowest BCUT2D eigenvalue weighted by atomic mass is 10.1. The van der Waals surface area contributed by atoms with Gasteiger partial charge in [0.25, 0.3) is 0 Å². The fourth-order valence-electron chi connectivity index (χ4n) is 1.07. The average molecular weight is 190 g/mol. The minimum Gasteiger partial charge on any atom is -0.432 e. The molecular weight excluding hydrogens is 180 g/mol. The number of nitrogens with two attached hydrogens (primary N) is 1. The fourth-order valence-corrected chi connectivity index (χ4v) is 1.07. The Hall–Kier alpha value is -1.88. The average Bonchev–Trinajstić information content (AvgIpc) is 2.69. The molecule has 1 unspecified atom stereocenters. The van der Waals surface area contributed by atoms with E-state index in [1.54, 1.807) is 6.26 Å². The molecule has 1 atom stereocenters. The van der Waals surface area contributed by atoms with Crippen LogP contribution in [0, 0.1) is 0 Å². The summed E-state index contributed by atoms with van der Waals surface area (Å²) in [6.45, 7) is 0. The highest BCUT2D eigenvalue weighted by Gasteiger charge is 2.05. The van der Waals surface area contributed by atoms with Crippen molar-refractivity contribution in [2.75, 3.05) is 0 Å². The molecule has 0 fully saturated rings. The molecule has 3 N–H and O–H groups in total. The lowest BCUT2D eigenvalue weighted by Gasteiger charge is -2.10. The van der Waals surface area contributed by atoms with Crippen molar-refractivity contribution in [3.05, 3.63) is 42.5 Å². The first-order valence-electron chi connectivity index (χ1n) is 4.19. The summed E-state index contributed by atoms with van der Waals surface area (Å²) in [6.07, 6.45) is 10.5. The van der Waals surface area contributed by atoms with Gasteiger partial charge < -0.3 is 10.5 Å². The summed E-state index contributed by atoms with van der Waals surface area (Å²) in [6, 6.07) is 0.232. The number of nitrogens with one attached hydrogen (secondary N) is 1. The van der Waals surface area contributed by atoms with E-state index in [0.717, 1.165) is 5.57 Å². The normalized spacial score (nSPS) is 22.9. The zero-order chi connectivity index (χ0) is 9.80. The van der Waals surface area contributed by atoms with E-state index < -0.39 is 0 Å². The largest absolute Gasteiger partial charge is 0.432 e. The van der Waals surface area contributed by atoms with Crippen LogP contribution in [0.1, 0.15) is 0 Å².